The van der Waals surface area contributed by atoms with E-state index in [0.29, 0.717) is 10.6 Å². The summed E-state index contributed by atoms with van der Waals surface area (Å²) in [5, 5.41) is 19.9. The van der Waals surface area contributed by atoms with Crippen LogP contribution < -0.4 is 0 Å². The molecule has 0 unspecified atom stereocenters. The lowest BCUT2D eigenvalue weighted by molar-refractivity contribution is -0.138. The number of aliphatic hydroxyl groups excluding tert-OH is 1. The van der Waals surface area contributed by atoms with Crippen LogP contribution in [-0.4, -0.2) is 39.3 Å². The topological polar surface area (TPSA) is 94.9 Å². The molecule has 0 aliphatic carbocycles. The highest BCUT2D eigenvalue weighted by molar-refractivity contribution is 6.30. The van der Waals surface area contributed by atoms with Gasteiger partial charge in [0.25, 0.3) is 5.91 Å². The smallest absolute Gasteiger partial charge is 0.303 e. The highest BCUT2D eigenvalue weighted by atomic mass is 35.5. The van der Waals surface area contributed by atoms with Crippen molar-refractivity contribution in [1.82, 2.24) is 4.90 Å². The molecule has 6 nitrogen and oxygen atoms in total. The second-order valence-corrected chi connectivity index (χ2v) is 7.26. The van der Waals surface area contributed by atoms with Crippen molar-refractivity contribution in [2.45, 2.75) is 18.9 Å². The minimum Gasteiger partial charge on any atom is -0.503 e. The Morgan fingerprint density at radius 1 is 1.07 bits per heavy atom. The molecule has 154 valence electrons. The molecule has 2 aromatic rings. The minimum atomic E-state index is -0.982. The third-order valence-electron chi connectivity index (χ3n) is 4.77. The number of hydrogen-bond acceptors (Lipinski definition) is 4. The van der Waals surface area contributed by atoms with Gasteiger partial charge in [0.15, 0.2) is 11.5 Å². The summed E-state index contributed by atoms with van der Waals surface area (Å²) in [5.41, 5.74) is 1.37. The lowest BCUT2D eigenvalue weighted by Gasteiger charge is -2.26. The molecule has 0 radical (unpaired) electrons. The molecular formula is C23H20ClNO5. The zero-order chi connectivity index (χ0) is 21.7. The first-order chi connectivity index (χ1) is 14.4. The highest BCUT2D eigenvalue weighted by Crippen LogP contribution is 2.38. The second-order valence-electron chi connectivity index (χ2n) is 6.82. The number of ketones is 1. The van der Waals surface area contributed by atoms with Gasteiger partial charge < -0.3 is 15.1 Å². The number of carboxylic acids is 1. The number of halogens is 1. The fourth-order valence-corrected chi connectivity index (χ4v) is 3.48. The summed E-state index contributed by atoms with van der Waals surface area (Å²) in [6, 6.07) is 15.0. The van der Waals surface area contributed by atoms with Crippen molar-refractivity contribution >= 4 is 35.3 Å². The summed E-state index contributed by atoms with van der Waals surface area (Å²) < 4.78 is 0. The van der Waals surface area contributed by atoms with Gasteiger partial charge in [-0.05, 0) is 35.8 Å². The summed E-state index contributed by atoms with van der Waals surface area (Å²) >= 11 is 5.96. The summed E-state index contributed by atoms with van der Waals surface area (Å²) in [4.78, 5) is 37.8. The molecule has 2 aromatic carbocycles. The Labute approximate surface area is 178 Å². The second kappa shape index (κ2) is 9.41. The Morgan fingerprint density at radius 2 is 1.73 bits per heavy atom. The van der Waals surface area contributed by atoms with Gasteiger partial charge in [-0.25, -0.2) is 0 Å². The van der Waals surface area contributed by atoms with E-state index in [9.17, 15) is 19.5 Å². The number of carbonyl (C=O) groups excluding carboxylic acids is 2. The number of amides is 1. The zero-order valence-corrected chi connectivity index (χ0v) is 16.7. The van der Waals surface area contributed by atoms with E-state index in [2.05, 4.69) is 0 Å². The van der Waals surface area contributed by atoms with Gasteiger partial charge >= 0.3 is 5.97 Å². The van der Waals surface area contributed by atoms with Gasteiger partial charge in [-0.3, -0.25) is 14.4 Å². The molecule has 7 heteroatoms. The minimum absolute atomic E-state index is 0.0372. The van der Waals surface area contributed by atoms with E-state index in [4.69, 9.17) is 16.7 Å². The van der Waals surface area contributed by atoms with Crippen molar-refractivity contribution in [3.05, 3.63) is 88.2 Å². The maximum absolute atomic E-state index is 12.9. The molecule has 30 heavy (non-hydrogen) atoms. The van der Waals surface area contributed by atoms with Gasteiger partial charge in [0.05, 0.1) is 11.6 Å². The highest BCUT2D eigenvalue weighted by Gasteiger charge is 2.42. The number of allylic oxidation sites excluding steroid dienone is 1. The predicted molar refractivity (Wildman–Crippen MR) is 113 cm³/mol. The van der Waals surface area contributed by atoms with Crippen LogP contribution in [0.1, 0.15) is 30.0 Å². The van der Waals surface area contributed by atoms with Crippen LogP contribution in [-0.2, 0) is 14.4 Å². The van der Waals surface area contributed by atoms with Crippen molar-refractivity contribution in [1.29, 1.82) is 0 Å². The van der Waals surface area contributed by atoms with Crippen LogP contribution in [0.4, 0.5) is 0 Å². The maximum atomic E-state index is 12.9. The standard InChI is InChI=1S/C23H20ClNO5/c24-17-11-9-16(10-12-17)21-20(18(26)13-8-15-5-2-1-3-6-15)22(29)23(30)25(21)14-4-7-19(27)28/h1-3,5-6,8-13,21,29H,4,7,14H2,(H,27,28)/b13-8-/t21-/m1/s1. The van der Waals surface area contributed by atoms with Gasteiger partial charge in [0.2, 0.25) is 0 Å². The molecule has 0 spiro atoms. The Balaban J connectivity index is 1.94. The number of hydrogen-bond donors (Lipinski definition) is 2. The molecule has 1 aliphatic heterocycles. The van der Waals surface area contributed by atoms with Crippen LogP contribution in [0.15, 0.2) is 72.0 Å². The van der Waals surface area contributed by atoms with E-state index in [0.717, 1.165) is 5.56 Å². The lowest BCUT2D eigenvalue weighted by Crippen LogP contribution is -2.32. The molecule has 1 heterocycles. The van der Waals surface area contributed by atoms with E-state index in [1.807, 2.05) is 30.3 Å². The summed E-state index contributed by atoms with van der Waals surface area (Å²) in [6.07, 6.45) is 2.99. The van der Waals surface area contributed by atoms with Crippen LogP contribution in [0.3, 0.4) is 0 Å². The van der Waals surface area contributed by atoms with E-state index < -0.39 is 29.5 Å². The van der Waals surface area contributed by atoms with E-state index >= 15 is 0 Å². The molecule has 1 aliphatic rings. The molecule has 0 bridgehead atoms. The SMILES string of the molecule is O=C(O)CCCN1C(=O)C(O)=C(C(=O)/C=C\c2ccccc2)[C@H]1c1ccc(Cl)cc1. The number of aliphatic carboxylic acids is 1. The molecule has 0 aromatic heterocycles. The van der Waals surface area contributed by atoms with Crippen molar-refractivity contribution in [2.75, 3.05) is 6.54 Å². The first kappa shape index (κ1) is 21.3. The maximum Gasteiger partial charge on any atom is 0.303 e. The van der Waals surface area contributed by atoms with Crippen molar-refractivity contribution in [3.8, 4) is 0 Å². The Hall–Kier alpha value is -3.38. The van der Waals surface area contributed by atoms with Crippen LogP contribution >= 0.6 is 11.6 Å². The number of rotatable bonds is 8. The van der Waals surface area contributed by atoms with E-state index in [1.165, 1.54) is 11.0 Å². The number of aliphatic hydroxyl groups is 1. The van der Waals surface area contributed by atoms with Crippen molar-refractivity contribution in [2.24, 2.45) is 0 Å². The number of carbonyl (C=O) groups is 3. The Morgan fingerprint density at radius 3 is 2.37 bits per heavy atom. The Kier molecular flexibility index (Phi) is 6.69. The van der Waals surface area contributed by atoms with Crippen LogP contribution in [0, 0.1) is 0 Å². The van der Waals surface area contributed by atoms with Crippen LogP contribution in [0.25, 0.3) is 6.08 Å². The third-order valence-corrected chi connectivity index (χ3v) is 5.02. The molecule has 0 saturated carbocycles. The molecule has 1 atom stereocenters. The van der Waals surface area contributed by atoms with Crippen molar-refractivity contribution in [3.63, 3.8) is 0 Å². The number of carboxylic acid groups (broad SMARTS) is 1. The lowest BCUT2D eigenvalue weighted by atomic mass is 9.95. The number of nitrogens with zero attached hydrogens (tertiary/aromatic N) is 1. The largest absolute Gasteiger partial charge is 0.503 e. The molecule has 3 rings (SSSR count). The first-order valence-electron chi connectivity index (χ1n) is 9.37. The van der Waals surface area contributed by atoms with Crippen LogP contribution in [0.5, 0.6) is 0 Å². The molecule has 1 amide bonds. The molecular weight excluding hydrogens is 406 g/mol. The van der Waals surface area contributed by atoms with Gasteiger partial charge in [0.1, 0.15) is 0 Å². The van der Waals surface area contributed by atoms with Gasteiger partial charge in [-0.15, -0.1) is 0 Å². The van der Waals surface area contributed by atoms with E-state index in [1.54, 1.807) is 30.3 Å². The quantitative estimate of drug-likeness (QED) is 0.618. The zero-order valence-electron chi connectivity index (χ0n) is 16.0. The average Bonchev–Trinajstić information content (AvgIpc) is 2.98. The van der Waals surface area contributed by atoms with E-state index in [-0.39, 0.29) is 25.0 Å². The van der Waals surface area contributed by atoms with Gasteiger partial charge in [0, 0.05) is 18.0 Å². The third kappa shape index (κ3) is 4.78. The number of benzene rings is 2. The summed E-state index contributed by atoms with van der Waals surface area (Å²) in [7, 11) is 0. The Bertz CT molecular complexity index is 1010. The summed E-state index contributed by atoms with van der Waals surface area (Å²) in [6.45, 7) is 0.0850. The fourth-order valence-electron chi connectivity index (χ4n) is 3.35. The molecule has 0 fully saturated rings. The average molecular weight is 426 g/mol. The van der Waals surface area contributed by atoms with Gasteiger partial charge in [-0.2, -0.15) is 0 Å². The van der Waals surface area contributed by atoms with Crippen LogP contribution in [0.2, 0.25) is 5.02 Å². The molecule has 0 saturated heterocycles. The van der Waals surface area contributed by atoms with Crippen molar-refractivity contribution < 1.29 is 24.6 Å². The normalized spacial score (nSPS) is 16.5. The molecule has 2 N–H and O–H groups in total. The predicted octanol–water partition coefficient (Wildman–Crippen LogP) is 4.18. The monoisotopic (exact) mass is 425 g/mol. The summed E-state index contributed by atoms with van der Waals surface area (Å²) in [5.74, 6) is -2.79. The first-order valence-corrected chi connectivity index (χ1v) is 9.75. The van der Waals surface area contributed by atoms with Gasteiger partial charge in [-0.1, -0.05) is 60.1 Å². The fraction of sp³-hybridized carbons (Fsp3) is 0.174.